The van der Waals surface area contributed by atoms with Gasteiger partial charge in [-0.3, -0.25) is 4.90 Å². The van der Waals surface area contributed by atoms with Crippen molar-refractivity contribution in [2.75, 3.05) is 43.4 Å². The molecule has 2 N–H and O–H groups in total. The summed E-state index contributed by atoms with van der Waals surface area (Å²) >= 11 is 5.78. The highest BCUT2D eigenvalue weighted by atomic mass is 35.5. The summed E-state index contributed by atoms with van der Waals surface area (Å²) in [6.45, 7) is 9.62. The van der Waals surface area contributed by atoms with Crippen LogP contribution >= 0.6 is 11.6 Å². The summed E-state index contributed by atoms with van der Waals surface area (Å²) in [6, 6.07) is 3.17. The van der Waals surface area contributed by atoms with Gasteiger partial charge >= 0.3 is 12.2 Å². The summed E-state index contributed by atoms with van der Waals surface area (Å²) in [5.41, 5.74) is 0.728. The average molecular weight is 471 g/mol. The van der Waals surface area contributed by atoms with E-state index < -0.39 is 17.8 Å². The van der Waals surface area contributed by atoms with E-state index in [1.165, 1.54) is 12.1 Å². The fourth-order valence-electron chi connectivity index (χ4n) is 3.69. The summed E-state index contributed by atoms with van der Waals surface area (Å²) in [5.74, 6) is 0. The molecule has 3 rings (SSSR count). The van der Waals surface area contributed by atoms with Crippen LogP contribution in [0.15, 0.2) is 18.2 Å². The zero-order valence-electron chi connectivity index (χ0n) is 18.2. The lowest BCUT2D eigenvalue weighted by Crippen LogP contribution is -2.45. The zero-order valence-corrected chi connectivity index (χ0v) is 18.9. The van der Waals surface area contributed by atoms with Gasteiger partial charge in [0.25, 0.3) is 0 Å². The van der Waals surface area contributed by atoms with Crippen LogP contribution in [0.3, 0.4) is 0 Å². The molecule has 174 valence electrons. The van der Waals surface area contributed by atoms with Crippen molar-refractivity contribution in [1.29, 1.82) is 0 Å². The summed E-state index contributed by atoms with van der Waals surface area (Å²) in [4.78, 5) is 24.6. The van der Waals surface area contributed by atoms with Crippen LogP contribution in [-0.4, -0.2) is 58.5 Å². The quantitative estimate of drug-likeness (QED) is 0.627. The van der Waals surface area contributed by atoms with Crippen LogP contribution in [0.25, 0.3) is 0 Å². The molecule has 2 aromatic rings. The van der Waals surface area contributed by atoms with Crippen molar-refractivity contribution >= 4 is 29.0 Å². The first-order chi connectivity index (χ1) is 15.1. The number of carbonyl (C=O) groups excluding carboxylic acids is 1. The molecule has 1 saturated heterocycles. The van der Waals surface area contributed by atoms with Crippen molar-refractivity contribution in [2.24, 2.45) is 0 Å². The van der Waals surface area contributed by atoms with Gasteiger partial charge in [-0.05, 0) is 49.7 Å². The SMILES string of the molecule is CCN1CCN(Cc2ccc(NC(=O)Nc3c(C)nc(Cl)nc3C)cc2C(F)(F)F)CC1. The van der Waals surface area contributed by atoms with E-state index in [1.54, 1.807) is 13.8 Å². The Morgan fingerprint density at radius 3 is 2.22 bits per heavy atom. The Bertz CT molecular complexity index is 953. The summed E-state index contributed by atoms with van der Waals surface area (Å²) < 4.78 is 41.2. The van der Waals surface area contributed by atoms with Crippen LogP contribution in [0, 0.1) is 13.8 Å². The number of hydrogen-bond donors (Lipinski definition) is 2. The van der Waals surface area contributed by atoms with Crippen LogP contribution in [0.5, 0.6) is 0 Å². The normalized spacial score (nSPS) is 15.6. The summed E-state index contributed by atoms with van der Waals surface area (Å²) in [5, 5.41) is 5.08. The molecule has 0 radical (unpaired) electrons. The molecule has 7 nitrogen and oxygen atoms in total. The van der Waals surface area contributed by atoms with Crippen LogP contribution in [0.1, 0.15) is 29.4 Å². The molecule has 0 atom stereocenters. The van der Waals surface area contributed by atoms with E-state index in [0.717, 1.165) is 38.8 Å². The topological polar surface area (TPSA) is 73.4 Å². The molecule has 0 unspecified atom stereocenters. The predicted octanol–water partition coefficient (Wildman–Crippen LogP) is 4.55. The van der Waals surface area contributed by atoms with Gasteiger partial charge < -0.3 is 15.5 Å². The Hall–Kier alpha value is -2.43. The molecule has 1 aromatic heterocycles. The molecular formula is C21H26ClF3N6O. The van der Waals surface area contributed by atoms with Crippen molar-refractivity contribution in [3.8, 4) is 0 Å². The summed E-state index contributed by atoms with van der Waals surface area (Å²) in [7, 11) is 0. The number of amides is 2. The van der Waals surface area contributed by atoms with E-state index in [9.17, 15) is 18.0 Å². The minimum Gasteiger partial charge on any atom is -0.308 e. The third-order valence-electron chi connectivity index (χ3n) is 5.46. The third-order valence-corrected chi connectivity index (χ3v) is 5.63. The van der Waals surface area contributed by atoms with Gasteiger partial charge in [0.1, 0.15) is 0 Å². The monoisotopic (exact) mass is 470 g/mol. The number of likely N-dealkylation sites (N-methyl/N-ethyl adjacent to an activating group) is 1. The highest BCUT2D eigenvalue weighted by Gasteiger charge is 2.34. The first kappa shape index (κ1) is 24.2. The molecule has 0 bridgehead atoms. The van der Waals surface area contributed by atoms with Crippen molar-refractivity contribution < 1.29 is 18.0 Å². The van der Waals surface area contributed by atoms with Gasteiger partial charge in [-0.25, -0.2) is 14.8 Å². The number of aromatic nitrogens is 2. The Labute approximate surface area is 190 Å². The molecule has 0 aliphatic carbocycles. The van der Waals surface area contributed by atoms with Crippen molar-refractivity contribution in [1.82, 2.24) is 19.8 Å². The van der Waals surface area contributed by atoms with Crippen LogP contribution in [0.2, 0.25) is 5.28 Å². The second kappa shape index (κ2) is 10.0. The van der Waals surface area contributed by atoms with Crippen LogP contribution < -0.4 is 10.6 Å². The molecule has 32 heavy (non-hydrogen) atoms. The molecule has 2 amide bonds. The van der Waals surface area contributed by atoms with E-state index in [0.29, 0.717) is 17.1 Å². The number of aryl methyl sites for hydroxylation is 2. The first-order valence-electron chi connectivity index (χ1n) is 10.3. The fraction of sp³-hybridized carbons (Fsp3) is 0.476. The maximum absolute atomic E-state index is 13.7. The molecule has 1 aliphatic rings. The van der Waals surface area contributed by atoms with E-state index in [1.807, 2.05) is 4.90 Å². The van der Waals surface area contributed by atoms with Crippen molar-refractivity contribution in [2.45, 2.75) is 33.5 Å². The van der Waals surface area contributed by atoms with E-state index in [4.69, 9.17) is 11.6 Å². The number of nitrogens with zero attached hydrogens (tertiary/aromatic N) is 4. The number of nitrogens with one attached hydrogen (secondary N) is 2. The molecule has 0 spiro atoms. The maximum atomic E-state index is 13.7. The molecule has 1 aliphatic heterocycles. The smallest absolute Gasteiger partial charge is 0.308 e. The van der Waals surface area contributed by atoms with E-state index in [2.05, 4.69) is 32.4 Å². The molecule has 11 heteroatoms. The summed E-state index contributed by atoms with van der Waals surface area (Å²) in [6.07, 6.45) is -4.54. The number of anilines is 2. The number of carbonyl (C=O) groups is 1. The average Bonchev–Trinajstić information content (AvgIpc) is 2.71. The van der Waals surface area contributed by atoms with Gasteiger partial charge in [0.2, 0.25) is 5.28 Å². The Morgan fingerprint density at radius 1 is 1.06 bits per heavy atom. The lowest BCUT2D eigenvalue weighted by Gasteiger charge is -2.34. The predicted molar refractivity (Wildman–Crippen MR) is 118 cm³/mol. The van der Waals surface area contributed by atoms with Gasteiger partial charge in [-0.15, -0.1) is 0 Å². The number of urea groups is 1. The van der Waals surface area contributed by atoms with Gasteiger partial charge in [-0.1, -0.05) is 13.0 Å². The number of piperazine rings is 1. The Kier molecular flexibility index (Phi) is 7.58. The minimum absolute atomic E-state index is 0.0413. The maximum Gasteiger partial charge on any atom is 0.416 e. The van der Waals surface area contributed by atoms with Crippen molar-refractivity contribution in [3.05, 3.63) is 46.0 Å². The lowest BCUT2D eigenvalue weighted by atomic mass is 10.0. The number of alkyl halides is 3. The highest BCUT2D eigenvalue weighted by Crippen LogP contribution is 2.34. The standard InChI is InChI=1S/C21H26ClF3N6O/c1-4-30-7-9-31(10-8-30)12-15-5-6-16(11-17(15)21(23,24)25)28-20(32)29-18-13(2)26-19(22)27-14(18)3/h5-6,11H,4,7-10,12H2,1-3H3,(H2,28,29,32). The molecule has 0 saturated carbocycles. The van der Waals surface area contributed by atoms with Gasteiger partial charge in [0.15, 0.2) is 0 Å². The van der Waals surface area contributed by atoms with E-state index in [-0.39, 0.29) is 23.1 Å². The Morgan fingerprint density at radius 2 is 1.66 bits per heavy atom. The molecule has 1 aromatic carbocycles. The van der Waals surface area contributed by atoms with Crippen LogP contribution in [0.4, 0.5) is 29.3 Å². The largest absolute Gasteiger partial charge is 0.416 e. The highest BCUT2D eigenvalue weighted by molar-refractivity contribution is 6.28. The lowest BCUT2D eigenvalue weighted by molar-refractivity contribution is -0.138. The number of halogens is 4. The molecular weight excluding hydrogens is 445 g/mol. The van der Waals surface area contributed by atoms with Gasteiger partial charge in [-0.2, -0.15) is 13.2 Å². The van der Waals surface area contributed by atoms with Crippen molar-refractivity contribution in [3.63, 3.8) is 0 Å². The third kappa shape index (κ3) is 6.08. The van der Waals surface area contributed by atoms with E-state index >= 15 is 0 Å². The first-order valence-corrected chi connectivity index (χ1v) is 10.7. The Balaban J connectivity index is 1.73. The second-order valence-electron chi connectivity index (χ2n) is 7.70. The molecule has 1 fully saturated rings. The second-order valence-corrected chi connectivity index (χ2v) is 8.04. The fourth-order valence-corrected chi connectivity index (χ4v) is 3.95. The zero-order chi connectivity index (χ0) is 23.5. The van der Waals surface area contributed by atoms with Gasteiger partial charge in [0, 0.05) is 38.4 Å². The van der Waals surface area contributed by atoms with Gasteiger partial charge in [0.05, 0.1) is 22.6 Å². The minimum atomic E-state index is -4.54. The number of benzene rings is 1. The number of hydrogen-bond acceptors (Lipinski definition) is 5. The number of rotatable bonds is 5. The molecule has 2 heterocycles. The van der Waals surface area contributed by atoms with Crippen LogP contribution in [-0.2, 0) is 12.7 Å².